The van der Waals surface area contributed by atoms with Crippen LogP contribution in [0.3, 0.4) is 0 Å². The lowest BCUT2D eigenvalue weighted by atomic mass is 9.72. The van der Waals surface area contributed by atoms with E-state index in [-0.39, 0.29) is 29.3 Å². The quantitative estimate of drug-likeness (QED) is 0.0832. The highest BCUT2D eigenvalue weighted by Gasteiger charge is 2.32. The number of allylic oxidation sites excluding steroid dienone is 1. The molecule has 1 aliphatic carbocycles. The first kappa shape index (κ1) is 46.9. The van der Waals surface area contributed by atoms with Gasteiger partial charge in [0.15, 0.2) is 5.75 Å². The Morgan fingerprint density at radius 3 is 2.49 bits per heavy atom. The van der Waals surface area contributed by atoms with Gasteiger partial charge in [-0.15, -0.1) is 0 Å². The van der Waals surface area contributed by atoms with Crippen molar-refractivity contribution in [2.45, 2.75) is 69.7 Å². The fourth-order valence-electron chi connectivity index (χ4n) is 10.5. The lowest BCUT2D eigenvalue weighted by Crippen LogP contribution is -2.47. The van der Waals surface area contributed by atoms with E-state index < -0.39 is 31.4 Å². The molecule has 0 unspecified atom stereocenters. The van der Waals surface area contributed by atoms with Crippen LogP contribution < -0.4 is 14.4 Å². The van der Waals surface area contributed by atoms with Gasteiger partial charge in [-0.25, -0.2) is 22.8 Å². The van der Waals surface area contributed by atoms with Gasteiger partial charge in [0.1, 0.15) is 11.2 Å². The number of ether oxygens (including phenoxy) is 2. The predicted octanol–water partition coefficient (Wildman–Crippen LogP) is 8.64. The number of carbonyl (C=O) groups is 1. The molecule has 16 nitrogen and oxygen atoms in total. The maximum absolute atomic E-state index is 14.3. The third-order valence-electron chi connectivity index (χ3n) is 14.5. The Morgan fingerprint density at radius 2 is 1.74 bits per heavy atom. The number of nitro groups is 1. The molecule has 0 atom stereocenters. The van der Waals surface area contributed by atoms with E-state index >= 15 is 0 Å². The van der Waals surface area contributed by atoms with E-state index in [9.17, 15) is 23.3 Å². The second-order valence-electron chi connectivity index (χ2n) is 19.7. The Morgan fingerprint density at radius 1 is 0.971 bits per heavy atom. The lowest BCUT2D eigenvalue weighted by molar-refractivity contribution is -0.386. The number of aromatic nitrogens is 4. The van der Waals surface area contributed by atoms with Crippen LogP contribution in [0.1, 0.15) is 74.7 Å². The fourth-order valence-corrected chi connectivity index (χ4v) is 11.6. The van der Waals surface area contributed by atoms with Crippen molar-refractivity contribution in [3.63, 3.8) is 0 Å². The standard InChI is InChI=1S/C51H58ClN9O7S/c1-51(2)17-11-37(43(30-51)35-3-5-38(52)6-4-35)32-57-21-23-59(24-22-57)40-7-9-42(45(28-40)60-46-27-36-12-18-53-49(36)55-44(46)31-54-60)50(62)56-69(65,66)41-8-10-48(47(29-41)61(63)64)68-33-34-13-19-58(20-14-34)39-15-25-67-26-16-39/h3-10,12,18,27-29,31,34,39H,11,13-17,19-26,30,32-33H2,1-2H3,(H,53,55)(H,56,62). The molecule has 4 aliphatic rings. The Balaban J connectivity index is 0.868. The van der Waals surface area contributed by atoms with Crippen molar-refractivity contribution in [1.82, 2.24) is 34.3 Å². The summed E-state index contributed by atoms with van der Waals surface area (Å²) in [5, 5.41) is 18.6. The number of rotatable bonds is 13. The number of halogens is 1. The van der Waals surface area contributed by atoms with E-state index in [0.29, 0.717) is 28.4 Å². The molecule has 362 valence electrons. The van der Waals surface area contributed by atoms with Crippen molar-refractivity contribution in [3.05, 3.63) is 117 Å². The summed E-state index contributed by atoms with van der Waals surface area (Å²) in [6.07, 6.45) is 10.4. The second-order valence-corrected chi connectivity index (χ2v) is 21.8. The summed E-state index contributed by atoms with van der Waals surface area (Å²) in [5.74, 6) is -0.738. The number of aromatic amines is 1. The first-order chi connectivity index (χ1) is 33.3. The molecule has 10 rings (SSSR count). The van der Waals surface area contributed by atoms with Gasteiger partial charge >= 0.3 is 5.69 Å². The van der Waals surface area contributed by atoms with Gasteiger partial charge in [0.2, 0.25) is 0 Å². The first-order valence-corrected chi connectivity index (χ1v) is 25.8. The normalized spacial score (nSPS) is 19.1. The van der Waals surface area contributed by atoms with Crippen molar-refractivity contribution >= 4 is 66.5 Å². The van der Waals surface area contributed by atoms with Crippen LogP contribution in [0, 0.1) is 21.4 Å². The molecule has 2 N–H and O–H groups in total. The number of piperazine rings is 1. The summed E-state index contributed by atoms with van der Waals surface area (Å²) in [6.45, 7) is 12.4. The number of likely N-dealkylation sites (tertiary alicyclic amines) is 1. The fraction of sp³-hybridized carbons (Fsp3) is 0.431. The van der Waals surface area contributed by atoms with Crippen LogP contribution >= 0.6 is 11.6 Å². The number of H-pyrrole nitrogens is 1. The van der Waals surface area contributed by atoms with Crippen LogP contribution in [0.4, 0.5) is 11.4 Å². The Bertz CT molecular complexity index is 3020. The number of hydrogen-bond acceptors (Lipinski definition) is 12. The number of fused-ring (bicyclic) bond motifs is 2. The number of carbonyl (C=O) groups excluding carboxylic acids is 1. The van der Waals surface area contributed by atoms with Crippen molar-refractivity contribution in [3.8, 4) is 11.4 Å². The molecule has 3 fully saturated rings. The molecule has 3 aliphatic heterocycles. The molecule has 0 bridgehead atoms. The zero-order chi connectivity index (χ0) is 47.9. The highest BCUT2D eigenvalue weighted by molar-refractivity contribution is 7.90. The van der Waals surface area contributed by atoms with Crippen LogP contribution in [0.2, 0.25) is 5.02 Å². The summed E-state index contributed by atoms with van der Waals surface area (Å²) in [7, 11) is -4.61. The summed E-state index contributed by atoms with van der Waals surface area (Å²) in [4.78, 5) is 40.6. The number of nitro benzene ring substituents is 1. The van der Waals surface area contributed by atoms with Gasteiger partial charge in [-0.05, 0) is 135 Å². The number of pyridine rings is 1. The summed E-state index contributed by atoms with van der Waals surface area (Å²) < 4.78 is 43.2. The number of anilines is 1. The zero-order valence-corrected chi connectivity index (χ0v) is 40.6. The summed E-state index contributed by atoms with van der Waals surface area (Å²) in [6, 6.07) is 21.3. The monoisotopic (exact) mass is 975 g/mol. The Hall–Kier alpha value is -5.85. The highest BCUT2D eigenvalue weighted by Crippen LogP contribution is 2.43. The molecule has 6 aromatic rings. The van der Waals surface area contributed by atoms with Gasteiger partial charge in [-0.3, -0.25) is 19.8 Å². The molecule has 6 heterocycles. The van der Waals surface area contributed by atoms with E-state index in [2.05, 4.69) is 55.5 Å². The lowest BCUT2D eigenvalue weighted by Gasteiger charge is -2.39. The molecule has 18 heteroatoms. The van der Waals surface area contributed by atoms with Crippen molar-refractivity contribution < 1.29 is 27.6 Å². The number of benzene rings is 3. The number of sulfonamides is 1. The van der Waals surface area contributed by atoms with Crippen LogP contribution in [0.25, 0.3) is 33.3 Å². The summed E-state index contributed by atoms with van der Waals surface area (Å²) in [5.41, 5.74) is 6.96. The zero-order valence-electron chi connectivity index (χ0n) is 39.0. The largest absolute Gasteiger partial charge is 0.487 e. The number of hydrogen-bond donors (Lipinski definition) is 2. The van der Waals surface area contributed by atoms with Gasteiger partial charge in [-0.2, -0.15) is 5.10 Å². The van der Waals surface area contributed by atoms with Crippen molar-refractivity contribution in [1.29, 1.82) is 0 Å². The Kier molecular flexibility index (Phi) is 13.2. The maximum atomic E-state index is 14.3. The number of piperidine rings is 1. The third-order valence-corrected chi connectivity index (χ3v) is 16.1. The molecule has 0 spiro atoms. The van der Waals surface area contributed by atoms with Gasteiger partial charge in [0.25, 0.3) is 15.9 Å². The third kappa shape index (κ3) is 10.2. The van der Waals surface area contributed by atoms with Gasteiger partial charge < -0.3 is 24.3 Å². The SMILES string of the molecule is CC1(C)CCC(CN2CCN(c3ccc(C(=O)NS(=O)(=O)c4ccc(OCC5CCN(C6CCOCC6)CC5)c([N+](=O)[O-])c4)c(-n4ncc5nc6[nH]ccc6cc54)c3)CC2)=C(c2ccc(Cl)cc2)C1. The highest BCUT2D eigenvalue weighted by atomic mass is 35.5. The molecular formula is C51H58ClN9O7S. The minimum Gasteiger partial charge on any atom is -0.487 e. The van der Waals surface area contributed by atoms with Crippen LogP contribution in [0.15, 0.2) is 95.7 Å². The average Bonchev–Trinajstić information content (AvgIpc) is 4.00. The minimum atomic E-state index is -4.61. The molecular weight excluding hydrogens is 918 g/mol. The number of amides is 1. The van der Waals surface area contributed by atoms with Crippen molar-refractivity contribution in [2.24, 2.45) is 11.3 Å². The predicted molar refractivity (Wildman–Crippen MR) is 267 cm³/mol. The van der Waals surface area contributed by atoms with E-state index in [0.717, 1.165) is 126 Å². The summed E-state index contributed by atoms with van der Waals surface area (Å²) >= 11 is 6.27. The molecule has 3 aromatic carbocycles. The molecule has 1 amide bonds. The van der Waals surface area contributed by atoms with Gasteiger partial charge in [0, 0.05) is 80.3 Å². The first-order valence-electron chi connectivity index (χ1n) is 24.0. The Labute approximate surface area is 406 Å². The van der Waals surface area contributed by atoms with Crippen molar-refractivity contribution in [2.75, 3.05) is 70.5 Å². The molecule has 0 radical (unpaired) electrons. The van der Waals surface area contributed by atoms with Gasteiger partial charge in [0.05, 0.1) is 39.4 Å². The molecule has 69 heavy (non-hydrogen) atoms. The van der Waals surface area contributed by atoms with Crippen LogP contribution in [-0.2, 0) is 14.8 Å². The van der Waals surface area contributed by atoms with Crippen LogP contribution in [-0.4, -0.2) is 120 Å². The van der Waals surface area contributed by atoms with E-state index in [1.54, 1.807) is 23.1 Å². The molecule has 3 saturated heterocycles. The molecule has 3 aromatic heterocycles. The molecule has 0 saturated carbocycles. The van der Waals surface area contributed by atoms with E-state index in [1.165, 1.54) is 28.8 Å². The van der Waals surface area contributed by atoms with Crippen LogP contribution in [0.5, 0.6) is 5.75 Å². The second kappa shape index (κ2) is 19.5. The minimum absolute atomic E-state index is 0.0238. The topological polar surface area (TPSA) is 181 Å². The number of nitrogens with one attached hydrogen (secondary N) is 2. The van der Waals surface area contributed by atoms with E-state index in [4.69, 9.17) is 26.1 Å². The number of nitrogens with zero attached hydrogens (tertiary/aromatic N) is 7. The average molecular weight is 977 g/mol. The maximum Gasteiger partial charge on any atom is 0.312 e. The van der Waals surface area contributed by atoms with E-state index in [1.807, 2.05) is 36.4 Å². The smallest absolute Gasteiger partial charge is 0.312 e. The van der Waals surface area contributed by atoms with Gasteiger partial charge in [-0.1, -0.05) is 43.2 Å².